The summed E-state index contributed by atoms with van der Waals surface area (Å²) in [6.45, 7) is 0.849. The van der Waals surface area contributed by atoms with Crippen molar-refractivity contribution in [3.8, 4) is 11.1 Å². The fraction of sp³-hybridized carbons (Fsp3) is 0.0526. The van der Waals surface area contributed by atoms with E-state index in [0.29, 0.717) is 0 Å². The molecular formula is C19H16N2. The van der Waals surface area contributed by atoms with Crippen LogP contribution in [-0.2, 0) is 6.54 Å². The predicted octanol–water partition coefficient (Wildman–Crippen LogP) is 4.59. The molecule has 1 heterocycles. The molecule has 0 bridgehead atoms. The van der Waals surface area contributed by atoms with E-state index < -0.39 is 0 Å². The first kappa shape index (κ1) is 12.0. The van der Waals surface area contributed by atoms with E-state index in [0.717, 1.165) is 17.9 Å². The molecule has 2 heteroatoms. The normalized spacial score (nSPS) is 12.7. The first-order valence-corrected chi connectivity index (χ1v) is 7.14. The Bertz CT molecular complexity index is 794. The molecule has 21 heavy (non-hydrogen) atoms. The standard InChI is InChI=1S/C19H16N2/c20-18-12-6-11-17-16-10-5-4-7-14(16)13-21(19(17)18)15-8-2-1-3-9-15/h1-12H,13,20H2. The number of nitrogens with two attached hydrogens (primary N) is 1. The van der Waals surface area contributed by atoms with Crippen molar-refractivity contribution in [1.82, 2.24) is 0 Å². The SMILES string of the molecule is Nc1cccc2c1N(c1ccccc1)Cc1ccccc1-2. The van der Waals surface area contributed by atoms with Crippen LogP contribution >= 0.6 is 0 Å². The number of rotatable bonds is 1. The molecule has 0 fully saturated rings. The Labute approximate surface area is 124 Å². The molecule has 4 rings (SSSR count). The van der Waals surface area contributed by atoms with Crippen molar-refractivity contribution in [2.45, 2.75) is 6.54 Å². The Balaban J connectivity index is 1.98. The van der Waals surface area contributed by atoms with Crippen LogP contribution in [0, 0.1) is 0 Å². The van der Waals surface area contributed by atoms with Gasteiger partial charge in [0.2, 0.25) is 0 Å². The number of anilines is 3. The lowest BCUT2D eigenvalue weighted by atomic mass is 9.92. The first-order chi connectivity index (χ1) is 10.3. The van der Waals surface area contributed by atoms with Gasteiger partial charge in [-0.3, -0.25) is 0 Å². The summed E-state index contributed by atoms with van der Waals surface area (Å²) in [6.07, 6.45) is 0. The van der Waals surface area contributed by atoms with Crippen LogP contribution in [0.3, 0.4) is 0 Å². The summed E-state index contributed by atoms with van der Waals surface area (Å²) in [5.41, 5.74) is 13.2. The minimum atomic E-state index is 0.825. The van der Waals surface area contributed by atoms with Gasteiger partial charge in [-0.1, -0.05) is 54.6 Å². The highest BCUT2D eigenvalue weighted by Crippen LogP contribution is 2.45. The molecule has 0 amide bonds. The van der Waals surface area contributed by atoms with Gasteiger partial charge in [-0.15, -0.1) is 0 Å². The summed E-state index contributed by atoms with van der Waals surface area (Å²) in [5.74, 6) is 0. The van der Waals surface area contributed by atoms with Gasteiger partial charge in [0, 0.05) is 17.8 Å². The Morgan fingerprint density at radius 3 is 2.29 bits per heavy atom. The van der Waals surface area contributed by atoms with E-state index in [-0.39, 0.29) is 0 Å². The molecule has 0 atom stereocenters. The smallest absolute Gasteiger partial charge is 0.0727 e. The van der Waals surface area contributed by atoms with Crippen LogP contribution in [0.2, 0.25) is 0 Å². The van der Waals surface area contributed by atoms with Crippen molar-refractivity contribution in [2.75, 3.05) is 10.6 Å². The van der Waals surface area contributed by atoms with Gasteiger partial charge >= 0.3 is 0 Å². The molecule has 0 spiro atoms. The van der Waals surface area contributed by atoms with Crippen molar-refractivity contribution < 1.29 is 0 Å². The van der Waals surface area contributed by atoms with E-state index >= 15 is 0 Å². The summed E-state index contributed by atoms with van der Waals surface area (Å²) in [6, 6.07) is 25.1. The van der Waals surface area contributed by atoms with Gasteiger partial charge in [-0.05, 0) is 29.3 Å². The zero-order valence-electron chi connectivity index (χ0n) is 11.7. The number of para-hydroxylation sites is 2. The summed E-state index contributed by atoms with van der Waals surface area (Å²) in [5, 5.41) is 0. The second kappa shape index (κ2) is 4.67. The molecule has 0 aromatic heterocycles. The summed E-state index contributed by atoms with van der Waals surface area (Å²) < 4.78 is 0. The summed E-state index contributed by atoms with van der Waals surface area (Å²) in [4.78, 5) is 2.30. The van der Waals surface area contributed by atoms with Gasteiger partial charge in [-0.25, -0.2) is 0 Å². The van der Waals surface area contributed by atoms with E-state index in [9.17, 15) is 0 Å². The van der Waals surface area contributed by atoms with Crippen LogP contribution in [0.1, 0.15) is 5.56 Å². The van der Waals surface area contributed by atoms with E-state index in [2.05, 4.69) is 59.5 Å². The van der Waals surface area contributed by atoms with Crippen LogP contribution < -0.4 is 10.6 Å². The first-order valence-electron chi connectivity index (χ1n) is 7.14. The van der Waals surface area contributed by atoms with Gasteiger partial charge < -0.3 is 10.6 Å². The molecule has 3 aromatic carbocycles. The van der Waals surface area contributed by atoms with Gasteiger partial charge in [0.05, 0.1) is 11.4 Å². The van der Waals surface area contributed by atoms with E-state index in [4.69, 9.17) is 5.73 Å². The maximum absolute atomic E-state index is 6.28. The average molecular weight is 272 g/mol. The third-order valence-corrected chi connectivity index (χ3v) is 4.04. The number of nitrogen functional groups attached to an aromatic ring is 1. The zero-order valence-corrected chi connectivity index (χ0v) is 11.7. The number of hydrogen-bond donors (Lipinski definition) is 1. The minimum absolute atomic E-state index is 0.825. The van der Waals surface area contributed by atoms with Gasteiger partial charge in [0.1, 0.15) is 0 Å². The molecule has 102 valence electrons. The largest absolute Gasteiger partial charge is 0.397 e. The fourth-order valence-corrected chi connectivity index (χ4v) is 3.08. The number of benzene rings is 3. The van der Waals surface area contributed by atoms with Crippen LogP contribution in [0.5, 0.6) is 0 Å². The molecule has 0 aliphatic carbocycles. The molecule has 1 aliphatic heterocycles. The van der Waals surface area contributed by atoms with Crippen molar-refractivity contribution >= 4 is 17.1 Å². The highest BCUT2D eigenvalue weighted by atomic mass is 15.2. The lowest BCUT2D eigenvalue weighted by Crippen LogP contribution is -2.22. The van der Waals surface area contributed by atoms with Crippen molar-refractivity contribution in [2.24, 2.45) is 0 Å². The van der Waals surface area contributed by atoms with Crippen LogP contribution in [0.15, 0.2) is 72.8 Å². The van der Waals surface area contributed by atoms with Crippen molar-refractivity contribution in [3.05, 3.63) is 78.4 Å². The van der Waals surface area contributed by atoms with Crippen molar-refractivity contribution in [1.29, 1.82) is 0 Å². The van der Waals surface area contributed by atoms with E-state index in [1.807, 2.05) is 18.2 Å². The molecule has 0 unspecified atom stereocenters. The van der Waals surface area contributed by atoms with Crippen LogP contribution in [0.4, 0.5) is 17.1 Å². The van der Waals surface area contributed by atoms with Gasteiger partial charge in [0.15, 0.2) is 0 Å². The lowest BCUT2D eigenvalue weighted by molar-refractivity contribution is 0.963. The van der Waals surface area contributed by atoms with Crippen molar-refractivity contribution in [3.63, 3.8) is 0 Å². The molecule has 2 nitrogen and oxygen atoms in total. The minimum Gasteiger partial charge on any atom is -0.397 e. The molecule has 0 radical (unpaired) electrons. The molecule has 0 saturated heterocycles. The average Bonchev–Trinajstić information content (AvgIpc) is 2.55. The van der Waals surface area contributed by atoms with E-state index in [1.165, 1.54) is 22.4 Å². The molecular weight excluding hydrogens is 256 g/mol. The Morgan fingerprint density at radius 2 is 1.43 bits per heavy atom. The fourth-order valence-electron chi connectivity index (χ4n) is 3.08. The maximum atomic E-state index is 6.28. The quantitative estimate of drug-likeness (QED) is 0.657. The lowest BCUT2D eigenvalue weighted by Gasteiger charge is -2.34. The van der Waals surface area contributed by atoms with Gasteiger partial charge in [0.25, 0.3) is 0 Å². The number of hydrogen-bond acceptors (Lipinski definition) is 2. The summed E-state index contributed by atoms with van der Waals surface area (Å²) in [7, 11) is 0. The number of nitrogens with zero attached hydrogens (tertiary/aromatic N) is 1. The molecule has 2 N–H and O–H groups in total. The topological polar surface area (TPSA) is 29.3 Å². The second-order valence-electron chi connectivity index (χ2n) is 5.32. The third-order valence-electron chi connectivity index (χ3n) is 4.04. The van der Waals surface area contributed by atoms with Crippen LogP contribution in [-0.4, -0.2) is 0 Å². The Kier molecular flexibility index (Phi) is 2.68. The monoisotopic (exact) mass is 272 g/mol. The number of fused-ring (bicyclic) bond motifs is 3. The Hall–Kier alpha value is -2.74. The Morgan fingerprint density at radius 1 is 0.714 bits per heavy atom. The highest BCUT2D eigenvalue weighted by molar-refractivity contribution is 5.93. The molecule has 3 aromatic rings. The summed E-state index contributed by atoms with van der Waals surface area (Å²) >= 11 is 0. The van der Waals surface area contributed by atoms with Gasteiger partial charge in [-0.2, -0.15) is 0 Å². The predicted molar refractivity (Wildman–Crippen MR) is 88.6 cm³/mol. The van der Waals surface area contributed by atoms with Crippen LogP contribution in [0.25, 0.3) is 11.1 Å². The zero-order chi connectivity index (χ0) is 14.2. The maximum Gasteiger partial charge on any atom is 0.0727 e. The highest BCUT2D eigenvalue weighted by Gasteiger charge is 2.24. The second-order valence-corrected chi connectivity index (χ2v) is 5.32. The molecule has 1 aliphatic rings. The molecule has 0 saturated carbocycles. The third kappa shape index (κ3) is 1.88. The van der Waals surface area contributed by atoms with E-state index in [1.54, 1.807) is 0 Å².